The van der Waals surface area contributed by atoms with Crippen molar-refractivity contribution in [1.29, 1.82) is 0 Å². The molecule has 0 heterocycles. The predicted molar refractivity (Wildman–Crippen MR) is 122 cm³/mol. The fourth-order valence-electron chi connectivity index (χ4n) is 2.86. The Labute approximate surface area is 186 Å². The third-order valence-corrected chi connectivity index (χ3v) is 4.56. The number of ether oxygens (including phenoxy) is 2. The second kappa shape index (κ2) is 10.8. The van der Waals surface area contributed by atoms with E-state index in [-0.39, 0.29) is 18.4 Å². The first-order chi connectivity index (χ1) is 15.5. The summed E-state index contributed by atoms with van der Waals surface area (Å²) in [5.41, 5.74) is 3.15. The molecule has 0 aromatic heterocycles. The van der Waals surface area contributed by atoms with E-state index >= 15 is 0 Å². The molecule has 164 valence electrons. The van der Waals surface area contributed by atoms with Crippen LogP contribution in [0.25, 0.3) is 0 Å². The first-order valence-corrected chi connectivity index (χ1v) is 10.1. The van der Waals surface area contributed by atoms with Crippen molar-refractivity contribution in [3.05, 3.63) is 89.5 Å². The van der Waals surface area contributed by atoms with Crippen LogP contribution < -0.4 is 15.4 Å². The van der Waals surface area contributed by atoms with Crippen molar-refractivity contribution in [1.82, 2.24) is 0 Å². The quantitative estimate of drug-likeness (QED) is 0.513. The summed E-state index contributed by atoms with van der Waals surface area (Å²) in [6, 6.07) is 20.5. The van der Waals surface area contributed by atoms with Crippen molar-refractivity contribution in [2.24, 2.45) is 0 Å². The van der Waals surface area contributed by atoms with Crippen LogP contribution in [-0.4, -0.2) is 31.0 Å². The molecular weight excluding hydrogens is 408 g/mol. The standard InChI is InChI=1S/C25H24N2O5/c1-3-31-25(30)19-8-12-20(13-9-19)26-23(28)16-32-21-14-10-18(11-15-21)24(29)27-22-7-5-4-6-17(22)2/h4-15H,3,16H2,1-2H3,(H,26,28)(H,27,29). The molecule has 0 spiro atoms. The monoisotopic (exact) mass is 432 g/mol. The molecule has 0 bridgehead atoms. The Kier molecular flexibility index (Phi) is 7.59. The van der Waals surface area contributed by atoms with Gasteiger partial charge in [-0.05, 0) is 74.0 Å². The van der Waals surface area contributed by atoms with E-state index in [0.717, 1.165) is 11.3 Å². The lowest BCUT2D eigenvalue weighted by Gasteiger charge is -2.10. The second-order valence-electron chi connectivity index (χ2n) is 6.93. The maximum atomic E-state index is 12.4. The van der Waals surface area contributed by atoms with Gasteiger partial charge < -0.3 is 20.1 Å². The van der Waals surface area contributed by atoms with Crippen LogP contribution in [0.1, 0.15) is 33.2 Å². The van der Waals surface area contributed by atoms with Gasteiger partial charge in [0, 0.05) is 16.9 Å². The van der Waals surface area contributed by atoms with E-state index in [1.807, 2.05) is 31.2 Å². The van der Waals surface area contributed by atoms with Gasteiger partial charge in [-0.1, -0.05) is 18.2 Å². The molecule has 7 nitrogen and oxygen atoms in total. The lowest BCUT2D eigenvalue weighted by molar-refractivity contribution is -0.118. The molecule has 0 aliphatic rings. The predicted octanol–water partition coefficient (Wildman–Crippen LogP) is 4.44. The van der Waals surface area contributed by atoms with Crippen LogP contribution >= 0.6 is 0 Å². The largest absolute Gasteiger partial charge is 0.484 e. The first kappa shape index (κ1) is 22.6. The van der Waals surface area contributed by atoms with Gasteiger partial charge in [-0.2, -0.15) is 0 Å². The highest BCUT2D eigenvalue weighted by Gasteiger charge is 2.10. The van der Waals surface area contributed by atoms with E-state index in [0.29, 0.717) is 29.2 Å². The SMILES string of the molecule is CCOC(=O)c1ccc(NC(=O)COc2ccc(C(=O)Nc3ccccc3C)cc2)cc1. The van der Waals surface area contributed by atoms with E-state index < -0.39 is 5.97 Å². The summed E-state index contributed by atoms with van der Waals surface area (Å²) in [7, 11) is 0. The summed E-state index contributed by atoms with van der Waals surface area (Å²) in [5.74, 6) is -0.528. The van der Waals surface area contributed by atoms with Gasteiger partial charge in [0.2, 0.25) is 0 Å². The lowest BCUT2D eigenvalue weighted by atomic mass is 10.1. The molecular formula is C25H24N2O5. The Morgan fingerprint density at radius 2 is 1.47 bits per heavy atom. The Morgan fingerprint density at radius 1 is 0.812 bits per heavy atom. The third kappa shape index (κ3) is 6.18. The smallest absolute Gasteiger partial charge is 0.338 e. The zero-order chi connectivity index (χ0) is 22.9. The molecule has 0 saturated carbocycles. The minimum absolute atomic E-state index is 0.200. The number of aryl methyl sites for hydroxylation is 1. The van der Waals surface area contributed by atoms with Gasteiger partial charge in [-0.25, -0.2) is 4.79 Å². The van der Waals surface area contributed by atoms with E-state index in [9.17, 15) is 14.4 Å². The van der Waals surface area contributed by atoms with Gasteiger partial charge in [-0.3, -0.25) is 9.59 Å². The van der Waals surface area contributed by atoms with Crippen molar-refractivity contribution < 1.29 is 23.9 Å². The van der Waals surface area contributed by atoms with E-state index in [1.54, 1.807) is 55.5 Å². The number of nitrogens with one attached hydrogen (secondary N) is 2. The summed E-state index contributed by atoms with van der Waals surface area (Å²) < 4.78 is 10.4. The van der Waals surface area contributed by atoms with Gasteiger partial charge in [0.1, 0.15) is 5.75 Å². The van der Waals surface area contributed by atoms with E-state index in [2.05, 4.69) is 10.6 Å². The van der Waals surface area contributed by atoms with Crippen molar-refractivity contribution in [3.8, 4) is 5.75 Å². The van der Waals surface area contributed by atoms with Crippen LogP contribution in [0.2, 0.25) is 0 Å². The molecule has 0 saturated heterocycles. The Bertz CT molecular complexity index is 1090. The first-order valence-electron chi connectivity index (χ1n) is 10.1. The average molecular weight is 432 g/mol. The number of anilines is 2. The van der Waals surface area contributed by atoms with E-state index in [1.165, 1.54) is 0 Å². The number of benzene rings is 3. The van der Waals surface area contributed by atoms with Crippen molar-refractivity contribution >= 4 is 29.2 Å². The molecule has 2 N–H and O–H groups in total. The number of para-hydroxylation sites is 1. The highest BCUT2D eigenvalue weighted by molar-refractivity contribution is 6.04. The van der Waals surface area contributed by atoms with Gasteiger partial charge in [0.15, 0.2) is 6.61 Å². The molecule has 0 radical (unpaired) electrons. The van der Waals surface area contributed by atoms with Crippen molar-refractivity contribution in [3.63, 3.8) is 0 Å². The number of hydrogen-bond acceptors (Lipinski definition) is 5. The molecule has 2 amide bonds. The molecule has 0 atom stereocenters. The Morgan fingerprint density at radius 3 is 2.12 bits per heavy atom. The Hall–Kier alpha value is -4.13. The number of carbonyl (C=O) groups is 3. The summed E-state index contributed by atoms with van der Waals surface area (Å²) in [4.78, 5) is 36.2. The summed E-state index contributed by atoms with van der Waals surface area (Å²) in [6.07, 6.45) is 0. The molecule has 0 fully saturated rings. The fourth-order valence-corrected chi connectivity index (χ4v) is 2.86. The number of esters is 1. The number of rotatable bonds is 8. The van der Waals surface area contributed by atoms with Crippen LogP contribution in [0.5, 0.6) is 5.75 Å². The highest BCUT2D eigenvalue weighted by Crippen LogP contribution is 2.17. The van der Waals surface area contributed by atoms with Crippen LogP contribution in [0.15, 0.2) is 72.8 Å². The summed E-state index contributed by atoms with van der Waals surface area (Å²) in [6.45, 7) is 3.76. The molecule has 0 aliphatic carbocycles. The van der Waals surface area contributed by atoms with E-state index in [4.69, 9.17) is 9.47 Å². The third-order valence-electron chi connectivity index (χ3n) is 4.56. The average Bonchev–Trinajstić information content (AvgIpc) is 2.80. The highest BCUT2D eigenvalue weighted by atomic mass is 16.5. The van der Waals surface area contributed by atoms with Crippen molar-refractivity contribution in [2.45, 2.75) is 13.8 Å². The number of hydrogen-bond donors (Lipinski definition) is 2. The van der Waals surface area contributed by atoms with Crippen LogP contribution in [-0.2, 0) is 9.53 Å². The normalized spacial score (nSPS) is 10.2. The minimum Gasteiger partial charge on any atom is -0.484 e. The zero-order valence-electron chi connectivity index (χ0n) is 17.9. The molecule has 3 aromatic rings. The van der Waals surface area contributed by atoms with Crippen LogP contribution in [0.3, 0.4) is 0 Å². The van der Waals surface area contributed by atoms with Crippen LogP contribution in [0, 0.1) is 6.92 Å². The maximum Gasteiger partial charge on any atom is 0.338 e. The van der Waals surface area contributed by atoms with Crippen LogP contribution in [0.4, 0.5) is 11.4 Å². The summed E-state index contributed by atoms with van der Waals surface area (Å²) >= 11 is 0. The van der Waals surface area contributed by atoms with Gasteiger partial charge >= 0.3 is 5.97 Å². The number of carbonyl (C=O) groups excluding carboxylic acids is 3. The molecule has 0 unspecified atom stereocenters. The molecule has 3 rings (SSSR count). The summed E-state index contributed by atoms with van der Waals surface area (Å²) in [5, 5.41) is 5.56. The fraction of sp³-hybridized carbons (Fsp3) is 0.160. The molecule has 0 aliphatic heterocycles. The van der Waals surface area contributed by atoms with Crippen molar-refractivity contribution in [2.75, 3.05) is 23.8 Å². The Balaban J connectivity index is 1.49. The molecule has 32 heavy (non-hydrogen) atoms. The maximum absolute atomic E-state index is 12.4. The molecule has 3 aromatic carbocycles. The zero-order valence-corrected chi connectivity index (χ0v) is 17.9. The van der Waals surface area contributed by atoms with Gasteiger partial charge in [0.25, 0.3) is 11.8 Å². The lowest BCUT2D eigenvalue weighted by Crippen LogP contribution is -2.20. The minimum atomic E-state index is -0.412. The van der Waals surface area contributed by atoms with Gasteiger partial charge in [-0.15, -0.1) is 0 Å². The second-order valence-corrected chi connectivity index (χ2v) is 6.93. The number of amides is 2. The molecule has 7 heteroatoms. The topological polar surface area (TPSA) is 93.7 Å². The van der Waals surface area contributed by atoms with Gasteiger partial charge in [0.05, 0.1) is 12.2 Å².